The van der Waals surface area contributed by atoms with Crippen LogP contribution in [0.4, 0.5) is 0 Å². The molecule has 0 saturated heterocycles. The maximum atomic E-state index is 5.96. The minimum absolute atomic E-state index is 0.535. The lowest BCUT2D eigenvalue weighted by molar-refractivity contribution is 0.199. The van der Waals surface area contributed by atoms with Gasteiger partial charge in [0.25, 0.3) is 0 Å². The van der Waals surface area contributed by atoms with Crippen LogP contribution in [-0.2, 0) is 17.9 Å². The van der Waals surface area contributed by atoms with Crippen molar-refractivity contribution in [1.82, 2.24) is 5.32 Å². The molecule has 2 aromatic rings. The van der Waals surface area contributed by atoms with E-state index in [1.54, 1.807) is 7.11 Å². The van der Waals surface area contributed by atoms with Crippen molar-refractivity contribution in [3.8, 4) is 11.5 Å². The second kappa shape index (κ2) is 9.96. The summed E-state index contributed by atoms with van der Waals surface area (Å²) in [6.07, 6.45) is 0. The highest BCUT2D eigenvalue weighted by molar-refractivity contribution is 5.43. The van der Waals surface area contributed by atoms with Gasteiger partial charge in [-0.15, -0.1) is 0 Å². The van der Waals surface area contributed by atoms with Crippen molar-refractivity contribution in [1.29, 1.82) is 0 Å². The molecule has 4 heteroatoms. The number of aryl methyl sites for hydroxylation is 1. The number of benzene rings is 2. The summed E-state index contributed by atoms with van der Waals surface area (Å²) in [5, 5.41) is 3.33. The standard InChI is InChI=1S/C20H27NO3/c1-4-23-20-13-17(14-21-10-11-22-3)8-9-19(20)24-15-18-7-5-6-16(2)12-18/h5-9,12-13,21H,4,10-11,14-15H2,1-3H3. The van der Waals surface area contributed by atoms with Gasteiger partial charge in [0, 0.05) is 20.2 Å². The molecule has 130 valence electrons. The summed E-state index contributed by atoms with van der Waals surface area (Å²) in [4.78, 5) is 0. The number of methoxy groups -OCH3 is 1. The average Bonchev–Trinajstić information content (AvgIpc) is 2.58. The topological polar surface area (TPSA) is 39.7 Å². The lowest BCUT2D eigenvalue weighted by Crippen LogP contribution is -2.18. The second-order valence-electron chi connectivity index (χ2n) is 5.66. The number of nitrogens with one attached hydrogen (secondary N) is 1. The van der Waals surface area contributed by atoms with E-state index in [2.05, 4.69) is 36.5 Å². The van der Waals surface area contributed by atoms with E-state index < -0.39 is 0 Å². The fourth-order valence-corrected chi connectivity index (χ4v) is 2.42. The van der Waals surface area contributed by atoms with E-state index in [1.807, 2.05) is 25.1 Å². The monoisotopic (exact) mass is 329 g/mol. The highest BCUT2D eigenvalue weighted by atomic mass is 16.5. The first-order chi connectivity index (χ1) is 11.7. The van der Waals surface area contributed by atoms with Gasteiger partial charge in [0.15, 0.2) is 11.5 Å². The summed E-state index contributed by atoms with van der Waals surface area (Å²) in [6, 6.07) is 14.4. The Hall–Kier alpha value is -2.04. The van der Waals surface area contributed by atoms with E-state index in [0.29, 0.717) is 19.8 Å². The van der Waals surface area contributed by atoms with Gasteiger partial charge in [-0.25, -0.2) is 0 Å². The zero-order valence-corrected chi connectivity index (χ0v) is 14.8. The van der Waals surface area contributed by atoms with E-state index in [4.69, 9.17) is 14.2 Å². The van der Waals surface area contributed by atoms with Crippen LogP contribution in [0.15, 0.2) is 42.5 Å². The Balaban J connectivity index is 2.00. The minimum Gasteiger partial charge on any atom is -0.490 e. The van der Waals surface area contributed by atoms with Crippen LogP contribution in [0.5, 0.6) is 11.5 Å². The quantitative estimate of drug-likeness (QED) is 0.675. The predicted octanol–water partition coefficient (Wildman–Crippen LogP) is 3.71. The van der Waals surface area contributed by atoms with Crippen LogP contribution in [-0.4, -0.2) is 26.9 Å². The molecule has 0 unspecified atom stereocenters. The molecule has 0 aliphatic rings. The van der Waals surface area contributed by atoms with Crippen molar-refractivity contribution < 1.29 is 14.2 Å². The Labute approximate surface area is 144 Å². The van der Waals surface area contributed by atoms with Gasteiger partial charge in [0.1, 0.15) is 6.61 Å². The molecule has 0 atom stereocenters. The third kappa shape index (κ3) is 5.87. The molecular formula is C20H27NO3. The Morgan fingerprint density at radius 2 is 1.83 bits per heavy atom. The van der Waals surface area contributed by atoms with E-state index in [0.717, 1.165) is 35.7 Å². The van der Waals surface area contributed by atoms with Crippen LogP contribution in [0.1, 0.15) is 23.6 Å². The summed E-state index contributed by atoms with van der Waals surface area (Å²) < 4.78 is 16.7. The fraction of sp³-hybridized carbons (Fsp3) is 0.400. The van der Waals surface area contributed by atoms with Crippen LogP contribution in [0.3, 0.4) is 0 Å². The number of ether oxygens (including phenoxy) is 3. The number of hydrogen-bond acceptors (Lipinski definition) is 4. The van der Waals surface area contributed by atoms with E-state index in [-0.39, 0.29) is 0 Å². The van der Waals surface area contributed by atoms with E-state index >= 15 is 0 Å². The first-order valence-electron chi connectivity index (χ1n) is 8.36. The Morgan fingerprint density at radius 1 is 0.958 bits per heavy atom. The molecule has 0 heterocycles. The van der Waals surface area contributed by atoms with Crippen LogP contribution in [0.25, 0.3) is 0 Å². The second-order valence-corrected chi connectivity index (χ2v) is 5.66. The summed E-state index contributed by atoms with van der Waals surface area (Å²) in [5.41, 5.74) is 3.55. The van der Waals surface area contributed by atoms with Gasteiger partial charge in [-0.05, 0) is 37.1 Å². The minimum atomic E-state index is 0.535. The van der Waals surface area contributed by atoms with Crippen molar-refractivity contribution in [3.05, 3.63) is 59.2 Å². The van der Waals surface area contributed by atoms with E-state index in [9.17, 15) is 0 Å². The Bertz CT molecular complexity index is 628. The van der Waals surface area contributed by atoms with Crippen LogP contribution in [0, 0.1) is 6.92 Å². The molecule has 0 aliphatic carbocycles. The molecule has 0 amide bonds. The molecule has 0 bridgehead atoms. The molecule has 2 rings (SSSR count). The molecule has 0 fully saturated rings. The molecule has 24 heavy (non-hydrogen) atoms. The van der Waals surface area contributed by atoms with Gasteiger partial charge < -0.3 is 19.5 Å². The maximum Gasteiger partial charge on any atom is 0.161 e. The summed E-state index contributed by atoms with van der Waals surface area (Å²) in [7, 11) is 1.70. The average molecular weight is 329 g/mol. The van der Waals surface area contributed by atoms with Crippen LogP contribution < -0.4 is 14.8 Å². The maximum absolute atomic E-state index is 5.96. The summed E-state index contributed by atoms with van der Waals surface area (Å²) in [6.45, 7) is 7.52. The molecule has 4 nitrogen and oxygen atoms in total. The van der Waals surface area contributed by atoms with Crippen molar-refractivity contribution in [2.24, 2.45) is 0 Å². The zero-order chi connectivity index (χ0) is 17.2. The summed E-state index contributed by atoms with van der Waals surface area (Å²) in [5.74, 6) is 1.56. The van der Waals surface area contributed by atoms with Gasteiger partial charge >= 0.3 is 0 Å². The molecule has 0 spiro atoms. The predicted molar refractivity (Wildman–Crippen MR) is 96.7 cm³/mol. The van der Waals surface area contributed by atoms with Crippen molar-refractivity contribution in [3.63, 3.8) is 0 Å². The molecule has 0 radical (unpaired) electrons. The largest absolute Gasteiger partial charge is 0.490 e. The smallest absolute Gasteiger partial charge is 0.161 e. The SMILES string of the molecule is CCOc1cc(CNCCOC)ccc1OCc1cccc(C)c1. The third-order valence-electron chi connectivity index (χ3n) is 3.60. The highest BCUT2D eigenvalue weighted by Gasteiger charge is 2.07. The fourth-order valence-electron chi connectivity index (χ4n) is 2.42. The van der Waals surface area contributed by atoms with Crippen molar-refractivity contribution >= 4 is 0 Å². The van der Waals surface area contributed by atoms with Gasteiger partial charge in [0.2, 0.25) is 0 Å². The molecular weight excluding hydrogens is 302 g/mol. The van der Waals surface area contributed by atoms with Gasteiger partial charge in [0.05, 0.1) is 13.2 Å². The molecule has 0 aromatic heterocycles. The number of hydrogen-bond donors (Lipinski definition) is 1. The third-order valence-corrected chi connectivity index (χ3v) is 3.60. The molecule has 0 saturated carbocycles. The normalized spacial score (nSPS) is 10.6. The molecule has 0 aliphatic heterocycles. The van der Waals surface area contributed by atoms with Gasteiger partial charge in [-0.2, -0.15) is 0 Å². The first-order valence-corrected chi connectivity index (χ1v) is 8.36. The van der Waals surface area contributed by atoms with E-state index in [1.165, 1.54) is 5.56 Å². The van der Waals surface area contributed by atoms with Crippen molar-refractivity contribution in [2.75, 3.05) is 26.9 Å². The van der Waals surface area contributed by atoms with Gasteiger partial charge in [-0.1, -0.05) is 35.9 Å². The zero-order valence-electron chi connectivity index (χ0n) is 14.8. The Kier molecular flexibility index (Phi) is 7.59. The van der Waals surface area contributed by atoms with Crippen LogP contribution >= 0.6 is 0 Å². The van der Waals surface area contributed by atoms with Crippen molar-refractivity contribution in [2.45, 2.75) is 27.0 Å². The first kappa shape index (κ1) is 18.3. The Morgan fingerprint density at radius 3 is 2.58 bits per heavy atom. The lowest BCUT2D eigenvalue weighted by atomic mass is 10.1. The van der Waals surface area contributed by atoms with Crippen LogP contribution in [0.2, 0.25) is 0 Å². The molecule has 1 N–H and O–H groups in total. The number of rotatable bonds is 10. The highest BCUT2D eigenvalue weighted by Crippen LogP contribution is 2.29. The molecule has 2 aromatic carbocycles. The summed E-state index contributed by atoms with van der Waals surface area (Å²) >= 11 is 0. The lowest BCUT2D eigenvalue weighted by Gasteiger charge is -2.14. The van der Waals surface area contributed by atoms with Gasteiger partial charge in [-0.3, -0.25) is 0 Å².